The van der Waals surface area contributed by atoms with Crippen molar-refractivity contribution >= 4 is 15.7 Å². The zero-order chi connectivity index (χ0) is 24.6. The van der Waals surface area contributed by atoms with Crippen LogP contribution in [0.3, 0.4) is 0 Å². The lowest BCUT2D eigenvalue weighted by molar-refractivity contribution is -0.185. The summed E-state index contributed by atoms with van der Waals surface area (Å²) in [5.74, 6) is -0.953. The van der Waals surface area contributed by atoms with Crippen molar-refractivity contribution < 1.29 is 35.9 Å². The molecule has 11 heteroatoms. The van der Waals surface area contributed by atoms with Gasteiger partial charge in [0.15, 0.2) is 5.79 Å². The summed E-state index contributed by atoms with van der Waals surface area (Å²) in [6, 6.07) is 9.20. The highest BCUT2D eigenvalue weighted by Gasteiger charge is 2.47. The van der Waals surface area contributed by atoms with Crippen LogP contribution in [0.1, 0.15) is 36.8 Å². The van der Waals surface area contributed by atoms with E-state index < -0.39 is 37.8 Å². The maximum atomic E-state index is 12.9. The first-order chi connectivity index (χ1) is 15.9. The van der Waals surface area contributed by atoms with Crippen molar-refractivity contribution in [2.45, 2.75) is 59.5 Å². The van der Waals surface area contributed by atoms with Gasteiger partial charge in [-0.2, -0.15) is 13.2 Å². The van der Waals surface area contributed by atoms with Gasteiger partial charge in [0.1, 0.15) is 0 Å². The number of nitrogens with one attached hydrogen (secondary N) is 1. The second-order valence-electron chi connectivity index (χ2n) is 8.62. The minimum Gasteiger partial charge on any atom is -0.350 e. The standard InChI is InChI=1S/C23H25F3N2O5S/c24-23(25,26)17-2-1-3-19(14-17)34(30,31)18-6-4-16(5-7-18)15-28-20(29)21(27)8-10-22(11-9-21)32-12-13-33-22/h1-7,14H,8-13,15,27H2,(H,28,29). The average Bonchev–Trinajstić information content (AvgIpc) is 3.28. The van der Waals surface area contributed by atoms with E-state index in [0.717, 1.165) is 18.2 Å². The predicted octanol–water partition coefficient (Wildman–Crippen LogP) is 3.17. The highest BCUT2D eigenvalue weighted by atomic mass is 32.2. The molecule has 1 saturated carbocycles. The van der Waals surface area contributed by atoms with E-state index >= 15 is 0 Å². The quantitative estimate of drug-likeness (QED) is 0.656. The number of nitrogens with two attached hydrogens (primary N) is 1. The molecule has 1 saturated heterocycles. The van der Waals surface area contributed by atoms with Gasteiger partial charge in [-0.15, -0.1) is 0 Å². The highest BCUT2D eigenvalue weighted by molar-refractivity contribution is 7.91. The molecule has 2 fully saturated rings. The smallest absolute Gasteiger partial charge is 0.350 e. The molecule has 1 spiro atoms. The van der Waals surface area contributed by atoms with Crippen LogP contribution < -0.4 is 11.1 Å². The molecule has 1 aliphatic heterocycles. The number of alkyl halides is 3. The fourth-order valence-electron chi connectivity index (χ4n) is 4.21. The Labute approximate surface area is 195 Å². The lowest BCUT2D eigenvalue weighted by Crippen LogP contribution is -2.58. The van der Waals surface area contributed by atoms with Crippen molar-refractivity contribution in [1.82, 2.24) is 5.32 Å². The monoisotopic (exact) mass is 498 g/mol. The van der Waals surface area contributed by atoms with Crippen molar-refractivity contribution in [1.29, 1.82) is 0 Å². The third-order valence-electron chi connectivity index (χ3n) is 6.33. The Morgan fingerprint density at radius 1 is 0.971 bits per heavy atom. The lowest BCUT2D eigenvalue weighted by atomic mass is 9.78. The summed E-state index contributed by atoms with van der Waals surface area (Å²) in [5, 5.41) is 2.78. The van der Waals surface area contributed by atoms with Gasteiger partial charge in [-0.3, -0.25) is 4.79 Å². The second kappa shape index (κ2) is 8.95. The topological polar surface area (TPSA) is 108 Å². The Morgan fingerprint density at radius 3 is 2.18 bits per heavy atom. The van der Waals surface area contributed by atoms with Crippen molar-refractivity contribution in [2.24, 2.45) is 5.73 Å². The van der Waals surface area contributed by atoms with Gasteiger partial charge >= 0.3 is 6.18 Å². The van der Waals surface area contributed by atoms with E-state index in [9.17, 15) is 26.4 Å². The van der Waals surface area contributed by atoms with E-state index in [1.165, 1.54) is 24.3 Å². The number of sulfone groups is 1. The van der Waals surface area contributed by atoms with E-state index in [0.29, 0.717) is 50.5 Å². The summed E-state index contributed by atoms with van der Waals surface area (Å²) in [4.78, 5) is 12.1. The molecule has 2 aromatic rings. The van der Waals surface area contributed by atoms with Crippen LogP contribution in [0.15, 0.2) is 58.3 Å². The molecule has 7 nitrogen and oxygen atoms in total. The molecule has 2 aromatic carbocycles. The molecule has 0 unspecified atom stereocenters. The van der Waals surface area contributed by atoms with Crippen molar-refractivity contribution in [3.8, 4) is 0 Å². The molecule has 1 aliphatic carbocycles. The summed E-state index contributed by atoms with van der Waals surface area (Å²) in [5.41, 5.74) is 4.86. The molecule has 4 rings (SSSR count). The molecule has 184 valence electrons. The Hall–Kier alpha value is -2.47. The predicted molar refractivity (Wildman–Crippen MR) is 115 cm³/mol. The van der Waals surface area contributed by atoms with Crippen LogP contribution in [-0.4, -0.2) is 38.9 Å². The molecule has 0 bridgehead atoms. The van der Waals surface area contributed by atoms with Crippen LogP contribution in [0.25, 0.3) is 0 Å². The van der Waals surface area contributed by atoms with Gasteiger partial charge in [-0.1, -0.05) is 18.2 Å². The summed E-state index contributed by atoms with van der Waals surface area (Å²) in [7, 11) is -4.14. The van der Waals surface area contributed by atoms with Gasteiger partial charge in [-0.05, 0) is 48.7 Å². The fraction of sp³-hybridized carbons (Fsp3) is 0.435. The number of amides is 1. The molecule has 3 N–H and O–H groups in total. The van der Waals surface area contributed by atoms with Gasteiger partial charge in [0.2, 0.25) is 15.7 Å². The third-order valence-corrected chi connectivity index (χ3v) is 8.10. The van der Waals surface area contributed by atoms with E-state index in [-0.39, 0.29) is 17.3 Å². The van der Waals surface area contributed by atoms with Crippen molar-refractivity contribution in [3.05, 3.63) is 59.7 Å². The minimum atomic E-state index is -4.65. The summed E-state index contributed by atoms with van der Waals surface area (Å²) < 4.78 is 75.7. The number of hydrogen-bond acceptors (Lipinski definition) is 6. The highest BCUT2D eigenvalue weighted by Crippen LogP contribution is 2.39. The number of carbonyl (C=O) groups excluding carboxylic acids is 1. The van der Waals surface area contributed by atoms with Crippen LogP contribution in [-0.2, 0) is 36.8 Å². The number of halogens is 3. The largest absolute Gasteiger partial charge is 0.416 e. The summed E-state index contributed by atoms with van der Waals surface area (Å²) >= 11 is 0. The molecule has 2 aliphatic rings. The molecular weight excluding hydrogens is 473 g/mol. The number of benzene rings is 2. The van der Waals surface area contributed by atoms with Crippen LogP contribution >= 0.6 is 0 Å². The summed E-state index contributed by atoms with van der Waals surface area (Å²) in [6.45, 7) is 1.19. The minimum absolute atomic E-state index is 0.125. The molecule has 1 amide bonds. The Kier molecular flexibility index (Phi) is 6.49. The zero-order valence-corrected chi connectivity index (χ0v) is 19.0. The van der Waals surface area contributed by atoms with E-state index in [1.807, 2.05) is 0 Å². The van der Waals surface area contributed by atoms with Crippen LogP contribution in [0.5, 0.6) is 0 Å². The van der Waals surface area contributed by atoms with E-state index in [1.54, 1.807) is 0 Å². The van der Waals surface area contributed by atoms with Gasteiger partial charge in [0.05, 0.1) is 34.1 Å². The maximum absolute atomic E-state index is 12.9. The third kappa shape index (κ3) is 4.97. The molecule has 0 atom stereocenters. The first-order valence-electron chi connectivity index (χ1n) is 10.8. The Morgan fingerprint density at radius 2 is 1.59 bits per heavy atom. The van der Waals surface area contributed by atoms with Crippen LogP contribution in [0.2, 0.25) is 0 Å². The molecule has 1 heterocycles. The number of ether oxygens (including phenoxy) is 2. The first-order valence-corrected chi connectivity index (χ1v) is 12.3. The van der Waals surface area contributed by atoms with Gasteiger partial charge in [0.25, 0.3) is 0 Å². The van der Waals surface area contributed by atoms with Gasteiger partial charge < -0.3 is 20.5 Å². The lowest BCUT2D eigenvalue weighted by Gasteiger charge is -2.40. The Bertz CT molecular complexity index is 1150. The number of rotatable bonds is 5. The van der Waals surface area contributed by atoms with Crippen molar-refractivity contribution in [3.63, 3.8) is 0 Å². The summed E-state index contributed by atoms with van der Waals surface area (Å²) in [6.07, 6.45) is -2.78. The maximum Gasteiger partial charge on any atom is 0.416 e. The SMILES string of the molecule is NC1(C(=O)NCc2ccc(S(=O)(=O)c3cccc(C(F)(F)F)c3)cc2)CCC2(CC1)OCCO2. The van der Waals surface area contributed by atoms with E-state index in [4.69, 9.17) is 15.2 Å². The zero-order valence-electron chi connectivity index (χ0n) is 18.2. The van der Waals surface area contributed by atoms with Gasteiger partial charge in [-0.25, -0.2) is 8.42 Å². The average molecular weight is 499 g/mol. The number of hydrogen-bond donors (Lipinski definition) is 2. The number of carbonyl (C=O) groups is 1. The Balaban J connectivity index is 1.39. The fourth-order valence-corrected chi connectivity index (χ4v) is 5.52. The first kappa shape index (κ1) is 24.6. The molecule has 0 radical (unpaired) electrons. The second-order valence-corrected chi connectivity index (χ2v) is 10.6. The molecule has 34 heavy (non-hydrogen) atoms. The normalized spacial score (nSPS) is 19.8. The van der Waals surface area contributed by atoms with Crippen LogP contribution in [0.4, 0.5) is 13.2 Å². The van der Waals surface area contributed by atoms with Gasteiger partial charge in [0, 0.05) is 19.4 Å². The van der Waals surface area contributed by atoms with Crippen LogP contribution in [0, 0.1) is 0 Å². The van der Waals surface area contributed by atoms with E-state index in [2.05, 4.69) is 5.32 Å². The molecular formula is C23H25F3N2O5S. The van der Waals surface area contributed by atoms with Crippen molar-refractivity contribution in [2.75, 3.05) is 13.2 Å². The molecule has 0 aromatic heterocycles.